The monoisotopic (exact) mass is 218 g/mol. The fourth-order valence-electron chi connectivity index (χ4n) is 1.23. The van der Waals surface area contributed by atoms with Gasteiger partial charge in [-0.1, -0.05) is 0 Å². The van der Waals surface area contributed by atoms with E-state index >= 15 is 0 Å². The number of ether oxygens (including phenoxy) is 2. The summed E-state index contributed by atoms with van der Waals surface area (Å²) in [4.78, 5) is 12.8. The molecule has 0 aromatic heterocycles. The number of nitrogens with one attached hydrogen (secondary N) is 1. The zero-order chi connectivity index (χ0) is 11.8. The second kappa shape index (κ2) is 7.62. The van der Waals surface area contributed by atoms with Crippen LogP contribution < -0.4 is 5.32 Å². The van der Waals surface area contributed by atoms with Gasteiger partial charge in [0.15, 0.2) is 6.29 Å². The fraction of sp³-hybridized carbons (Fsp3) is 0.900. The van der Waals surface area contributed by atoms with Crippen LogP contribution in [0, 0.1) is 0 Å². The zero-order valence-electron chi connectivity index (χ0n) is 10.2. The number of methoxy groups -OCH3 is 2. The first-order valence-corrected chi connectivity index (χ1v) is 5.02. The van der Waals surface area contributed by atoms with E-state index in [-0.39, 0.29) is 18.2 Å². The van der Waals surface area contributed by atoms with E-state index in [2.05, 4.69) is 5.32 Å². The maximum atomic E-state index is 11.3. The maximum absolute atomic E-state index is 11.3. The minimum absolute atomic E-state index is 0.0648. The van der Waals surface area contributed by atoms with Crippen LogP contribution in [0.1, 0.15) is 13.3 Å². The van der Waals surface area contributed by atoms with E-state index in [1.807, 2.05) is 6.92 Å². The highest BCUT2D eigenvalue weighted by atomic mass is 16.7. The quantitative estimate of drug-likeness (QED) is 0.614. The Morgan fingerprint density at radius 3 is 2.27 bits per heavy atom. The largest absolute Gasteiger partial charge is 0.354 e. The molecule has 0 aromatic carbocycles. The molecule has 0 bridgehead atoms. The molecule has 90 valence electrons. The first-order chi connectivity index (χ1) is 7.02. The smallest absolute Gasteiger partial charge is 0.223 e. The third kappa shape index (κ3) is 5.71. The molecular weight excluding hydrogens is 196 g/mol. The Morgan fingerprint density at radius 1 is 1.33 bits per heavy atom. The maximum Gasteiger partial charge on any atom is 0.223 e. The summed E-state index contributed by atoms with van der Waals surface area (Å²) >= 11 is 0. The van der Waals surface area contributed by atoms with Gasteiger partial charge in [-0.05, 0) is 6.92 Å². The van der Waals surface area contributed by atoms with Crippen molar-refractivity contribution >= 4 is 5.91 Å². The van der Waals surface area contributed by atoms with E-state index in [1.54, 1.807) is 33.2 Å². The Morgan fingerprint density at radius 2 is 1.87 bits per heavy atom. The summed E-state index contributed by atoms with van der Waals surface area (Å²) in [6.07, 6.45) is 0.205. The lowest BCUT2D eigenvalue weighted by atomic mass is 10.3. The van der Waals surface area contributed by atoms with E-state index in [1.165, 1.54) is 0 Å². The first-order valence-electron chi connectivity index (χ1n) is 5.02. The second-order valence-corrected chi connectivity index (χ2v) is 3.62. The average molecular weight is 218 g/mol. The molecule has 0 saturated heterocycles. The third-order valence-electron chi connectivity index (χ3n) is 2.18. The summed E-state index contributed by atoms with van der Waals surface area (Å²) in [5.41, 5.74) is 0. The van der Waals surface area contributed by atoms with Gasteiger partial charge in [-0.3, -0.25) is 4.79 Å². The van der Waals surface area contributed by atoms with Crippen LogP contribution in [0.2, 0.25) is 0 Å². The van der Waals surface area contributed by atoms with Crippen LogP contribution in [0.4, 0.5) is 0 Å². The predicted octanol–water partition coefficient (Wildman–Crippen LogP) is 0.0617. The van der Waals surface area contributed by atoms with Gasteiger partial charge in [-0.25, -0.2) is 0 Å². The van der Waals surface area contributed by atoms with Crippen molar-refractivity contribution < 1.29 is 14.3 Å². The van der Waals surface area contributed by atoms with E-state index in [9.17, 15) is 4.79 Å². The van der Waals surface area contributed by atoms with E-state index in [0.717, 1.165) is 0 Å². The van der Waals surface area contributed by atoms with Crippen LogP contribution in [0.15, 0.2) is 0 Å². The van der Waals surface area contributed by atoms with Crippen molar-refractivity contribution in [2.45, 2.75) is 25.7 Å². The Bertz CT molecular complexity index is 182. The summed E-state index contributed by atoms with van der Waals surface area (Å²) in [5, 5.41) is 3.17. The normalized spacial score (nSPS) is 12.9. The molecule has 1 amide bonds. The lowest BCUT2D eigenvalue weighted by molar-refractivity contribution is -0.129. The SMILES string of the molecule is COC(OC)C(C)NCCC(=O)N(C)C. The molecule has 0 aliphatic heterocycles. The fourth-order valence-corrected chi connectivity index (χ4v) is 1.23. The highest BCUT2D eigenvalue weighted by molar-refractivity contribution is 5.75. The van der Waals surface area contributed by atoms with E-state index in [4.69, 9.17) is 9.47 Å². The minimum atomic E-state index is -0.278. The molecule has 0 rings (SSSR count). The molecule has 0 fully saturated rings. The molecule has 15 heavy (non-hydrogen) atoms. The molecular formula is C10H22N2O3. The lowest BCUT2D eigenvalue weighted by Crippen LogP contribution is -2.41. The van der Waals surface area contributed by atoms with Crippen molar-refractivity contribution in [1.82, 2.24) is 10.2 Å². The third-order valence-corrected chi connectivity index (χ3v) is 2.18. The van der Waals surface area contributed by atoms with Crippen molar-refractivity contribution in [3.05, 3.63) is 0 Å². The highest BCUT2D eigenvalue weighted by Crippen LogP contribution is 1.98. The van der Waals surface area contributed by atoms with Gasteiger partial charge in [-0.15, -0.1) is 0 Å². The Kier molecular flexibility index (Phi) is 7.29. The van der Waals surface area contributed by atoms with Gasteiger partial charge in [-0.2, -0.15) is 0 Å². The molecule has 0 aromatic rings. The molecule has 0 heterocycles. The molecule has 5 nitrogen and oxygen atoms in total. The van der Waals surface area contributed by atoms with Crippen LogP contribution in [-0.4, -0.2) is 58.0 Å². The van der Waals surface area contributed by atoms with Gasteiger partial charge in [0.25, 0.3) is 0 Å². The van der Waals surface area contributed by atoms with Crippen molar-refractivity contribution in [2.75, 3.05) is 34.9 Å². The van der Waals surface area contributed by atoms with E-state index < -0.39 is 0 Å². The number of hydrogen-bond acceptors (Lipinski definition) is 4. The number of nitrogens with zero attached hydrogens (tertiary/aromatic N) is 1. The Labute approximate surface area is 91.7 Å². The van der Waals surface area contributed by atoms with Crippen molar-refractivity contribution in [3.8, 4) is 0 Å². The molecule has 1 N–H and O–H groups in total. The topological polar surface area (TPSA) is 50.8 Å². The van der Waals surface area contributed by atoms with Crippen LogP contribution in [0.5, 0.6) is 0 Å². The molecule has 1 unspecified atom stereocenters. The second-order valence-electron chi connectivity index (χ2n) is 3.62. The highest BCUT2D eigenvalue weighted by Gasteiger charge is 2.15. The van der Waals surface area contributed by atoms with Crippen molar-refractivity contribution in [3.63, 3.8) is 0 Å². The average Bonchev–Trinajstić information content (AvgIpc) is 2.19. The van der Waals surface area contributed by atoms with Gasteiger partial charge in [0.2, 0.25) is 5.91 Å². The summed E-state index contributed by atoms with van der Waals surface area (Å²) in [5.74, 6) is 0.112. The standard InChI is InChI=1S/C10H22N2O3/c1-8(10(14-4)15-5)11-7-6-9(13)12(2)3/h8,10-11H,6-7H2,1-5H3. The number of amides is 1. The number of hydrogen-bond donors (Lipinski definition) is 1. The zero-order valence-corrected chi connectivity index (χ0v) is 10.2. The molecule has 1 atom stereocenters. The molecule has 0 saturated carbocycles. The van der Waals surface area contributed by atoms with Gasteiger partial charge in [0.05, 0.1) is 6.04 Å². The lowest BCUT2D eigenvalue weighted by Gasteiger charge is -2.22. The first kappa shape index (κ1) is 14.3. The van der Waals surface area contributed by atoms with Gasteiger partial charge >= 0.3 is 0 Å². The molecule has 0 aliphatic carbocycles. The summed E-state index contributed by atoms with van der Waals surface area (Å²) in [6.45, 7) is 2.58. The minimum Gasteiger partial charge on any atom is -0.354 e. The van der Waals surface area contributed by atoms with Crippen LogP contribution in [0.25, 0.3) is 0 Å². The van der Waals surface area contributed by atoms with E-state index in [0.29, 0.717) is 13.0 Å². The van der Waals surface area contributed by atoms with Crippen LogP contribution in [-0.2, 0) is 14.3 Å². The van der Waals surface area contributed by atoms with Crippen molar-refractivity contribution in [1.29, 1.82) is 0 Å². The Hall–Kier alpha value is -0.650. The molecule has 5 heteroatoms. The summed E-state index contributed by atoms with van der Waals surface area (Å²) in [6, 6.07) is 0.0648. The summed E-state index contributed by atoms with van der Waals surface area (Å²) < 4.78 is 10.2. The molecule has 0 aliphatic rings. The molecule has 0 spiro atoms. The summed E-state index contributed by atoms with van der Waals surface area (Å²) in [7, 11) is 6.69. The van der Waals surface area contributed by atoms with Crippen LogP contribution >= 0.6 is 0 Å². The number of carbonyl (C=O) groups excluding carboxylic acids is 1. The van der Waals surface area contributed by atoms with Gasteiger partial charge in [0, 0.05) is 41.3 Å². The van der Waals surface area contributed by atoms with Gasteiger partial charge < -0.3 is 19.7 Å². The Balaban J connectivity index is 3.71. The van der Waals surface area contributed by atoms with Crippen molar-refractivity contribution in [2.24, 2.45) is 0 Å². The molecule has 0 radical (unpaired) electrons. The number of carbonyl (C=O) groups is 1. The van der Waals surface area contributed by atoms with Gasteiger partial charge in [0.1, 0.15) is 0 Å². The number of rotatable bonds is 7. The van der Waals surface area contributed by atoms with Crippen LogP contribution in [0.3, 0.4) is 0 Å². The predicted molar refractivity (Wildman–Crippen MR) is 58.6 cm³/mol.